The number of rotatable bonds is 6. The first-order valence-electron chi connectivity index (χ1n) is 9.67. The molecule has 0 aliphatic rings. The van der Waals surface area contributed by atoms with Crippen LogP contribution in [0.25, 0.3) is 22.3 Å². The second-order valence-corrected chi connectivity index (χ2v) is 8.13. The highest BCUT2D eigenvalue weighted by Gasteiger charge is 2.14. The number of carbonyl (C=O) groups is 1. The SMILES string of the molecule is CCc1cccc2c(SCC(=O)Nc3ccc(Cl)cc3)nc(-c3ccccc3)nc12. The van der Waals surface area contributed by atoms with E-state index < -0.39 is 0 Å². The molecule has 0 fully saturated rings. The number of hydrogen-bond acceptors (Lipinski definition) is 4. The van der Waals surface area contributed by atoms with E-state index in [1.807, 2.05) is 42.5 Å². The van der Waals surface area contributed by atoms with Gasteiger partial charge in [-0.3, -0.25) is 4.79 Å². The molecular formula is C24H20ClN3OS. The van der Waals surface area contributed by atoms with E-state index >= 15 is 0 Å². The van der Waals surface area contributed by atoms with Crippen LogP contribution in [0.15, 0.2) is 77.8 Å². The molecule has 4 aromatic rings. The van der Waals surface area contributed by atoms with Crippen molar-refractivity contribution in [2.45, 2.75) is 18.4 Å². The Balaban J connectivity index is 1.63. The minimum Gasteiger partial charge on any atom is -0.325 e. The van der Waals surface area contributed by atoms with Crippen molar-refractivity contribution in [2.24, 2.45) is 0 Å². The number of amides is 1. The quantitative estimate of drug-likeness (QED) is 0.288. The van der Waals surface area contributed by atoms with E-state index in [4.69, 9.17) is 21.6 Å². The molecule has 30 heavy (non-hydrogen) atoms. The van der Waals surface area contributed by atoms with E-state index in [9.17, 15) is 4.79 Å². The highest BCUT2D eigenvalue weighted by molar-refractivity contribution is 8.00. The van der Waals surface area contributed by atoms with Gasteiger partial charge in [-0.15, -0.1) is 0 Å². The van der Waals surface area contributed by atoms with Gasteiger partial charge in [0.1, 0.15) is 5.03 Å². The topological polar surface area (TPSA) is 54.9 Å². The molecule has 1 N–H and O–H groups in total. The van der Waals surface area contributed by atoms with E-state index in [0.717, 1.165) is 33.6 Å². The number of aromatic nitrogens is 2. The lowest BCUT2D eigenvalue weighted by Crippen LogP contribution is -2.14. The van der Waals surface area contributed by atoms with Gasteiger partial charge in [-0.05, 0) is 36.2 Å². The van der Waals surface area contributed by atoms with E-state index in [2.05, 4.69) is 18.3 Å². The van der Waals surface area contributed by atoms with Crippen LogP contribution in [-0.2, 0) is 11.2 Å². The molecule has 150 valence electrons. The van der Waals surface area contributed by atoms with Gasteiger partial charge in [0.2, 0.25) is 5.91 Å². The molecule has 4 nitrogen and oxygen atoms in total. The van der Waals surface area contributed by atoms with Crippen molar-refractivity contribution in [3.05, 3.63) is 83.4 Å². The lowest BCUT2D eigenvalue weighted by molar-refractivity contribution is -0.113. The summed E-state index contributed by atoms with van der Waals surface area (Å²) in [5.41, 5.74) is 3.78. The molecule has 4 rings (SSSR count). The number of nitrogens with one attached hydrogen (secondary N) is 1. The molecule has 1 amide bonds. The van der Waals surface area contributed by atoms with E-state index in [1.165, 1.54) is 17.3 Å². The van der Waals surface area contributed by atoms with Crippen molar-refractivity contribution >= 4 is 45.9 Å². The van der Waals surface area contributed by atoms with Crippen LogP contribution in [-0.4, -0.2) is 21.6 Å². The van der Waals surface area contributed by atoms with Gasteiger partial charge in [0.05, 0.1) is 11.3 Å². The molecule has 3 aromatic carbocycles. The predicted molar refractivity (Wildman–Crippen MR) is 125 cm³/mol. The second kappa shape index (κ2) is 9.28. The number of nitrogens with zero attached hydrogens (tertiary/aromatic N) is 2. The van der Waals surface area contributed by atoms with Gasteiger partial charge in [0.25, 0.3) is 0 Å². The van der Waals surface area contributed by atoms with Gasteiger partial charge in [-0.25, -0.2) is 9.97 Å². The zero-order valence-electron chi connectivity index (χ0n) is 16.4. The van der Waals surface area contributed by atoms with Crippen LogP contribution in [0.1, 0.15) is 12.5 Å². The monoisotopic (exact) mass is 433 g/mol. The molecular weight excluding hydrogens is 414 g/mol. The van der Waals surface area contributed by atoms with Crippen LogP contribution in [0, 0.1) is 0 Å². The van der Waals surface area contributed by atoms with Crippen molar-refractivity contribution in [3.8, 4) is 11.4 Å². The van der Waals surface area contributed by atoms with Crippen molar-refractivity contribution < 1.29 is 4.79 Å². The number of carbonyl (C=O) groups excluding carboxylic acids is 1. The second-order valence-electron chi connectivity index (χ2n) is 6.73. The van der Waals surface area contributed by atoms with Gasteiger partial charge in [-0.2, -0.15) is 0 Å². The smallest absolute Gasteiger partial charge is 0.234 e. The first-order chi connectivity index (χ1) is 14.6. The number of benzene rings is 3. The Kier molecular flexibility index (Phi) is 6.31. The van der Waals surface area contributed by atoms with Crippen molar-refractivity contribution in [2.75, 3.05) is 11.1 Å². The first-order valence-corrected chi connectivity index (χ1v) is 11.0. The normalized spacial score (nSPS) is 10.9. The Morgan fingerprint density at radius 2 is 1.73 bits per heavy atom. The standard InChI is InChI=1S/C24H20ClN3OS/c1-2-16-9-6-10-20-22(16)27-23(17-7-4-3-5-8-17)28-24(20)30-15-21(29)26-19-13-11-18(25)12-14-19/h3-14H,2,15H2,1H3,(H,26,29). The molecule has 0 saturated carbocycles. The van der Waals surface area contributed by atoms with Crippen LogP contribution in [0.5, 0.6) is 0 Å². The summed E-state index contributed by atoms with van der Waals surface area (Å²) in [6.45, 7) is 2.12. The lowest BCUT2D eigenvalue weighted by atomic mass is 10.1. The van der Waals surface area contributed by atoms with Crippen molar-refractivity contribution in [1.82, 2.24) is 9.97 Å². The highest BCUT2D eigenvalue weighted by atomic mass is 35.5. The van der Waals surface area contributed by atoms with Crippen molar-refractivity contribution in [1.29, 1.82) is 0 Å². The van der Waals surface area contributed by atoms with E-state index in [-0.39, 0.29) is 11.7 Å². The number of aryl methyl sites for hydroxylation is 1. The molecule has 6 heteroatoms. The zero-order chi connectivity index (χ0) is 20.9. The summed E-state index contributed by atoms with van der Waals surface area (Å²) >= 11 is 7.32. The minimum absolute atomic E-state index is 0.0954. The van der Waals surface area contributed by atoms with Gasteiger partial charge < -0.3 is 5.32 Å². The summed E-state index contributed by atoms with van der Waals surface area (Å²) in [5.74, 6) is 0.825. The lowest BCUT2D eigenvalue weighted by Gasteiger charge is -2.11. The molecule has 1 aromatic heterocycles. The van der Waals surface area contributed by atoms with E-state index in [1.54, 1.807) is 24.3 Å². The van der Waals surface area contributed by atoms with Gasteiger partial charge in [0.15, 0.2) is 5.82 Å². The Morgan fingerprint density at radius 3 is 2.47 bits per heavy atom. The molecule has 1 heterocycles. The Labute approximate surface area is 184 Å². The highest BCUT2D eigenvalue weighted by Crippen LogP contribution is 2.30. The number of thioether (sulfide) groups is 1. The number of hydrogen-bond donors (Lipinski definition) is 1. The number of halogens is 1. The largest absolute Gasteiger partial charge is 0.325 e. The third kappa shape index (κ3) is 4.64. The summed E-state index contributed by atoms with van der Waals surface area (Å²) in [6, 6.07) is 23.1. The van der Waals surface area contributed by atoms with Crippen LogP contribution < -0.4 is 5.32 Å². The third-order valence-corrected chi connectivity index (χ3v) is 5.90. The van der Waals surface area contributed by atoms with Crippen LogP contribution >= 0.6 is 23.4 Å². The number of anilines is 1. The molecule has 0 spiro atoms. The molecule has 0 atom stereocenters. The Hall–Kier alpha value is -2.89. The number of para-hydroxylation sites is 1. The fraction of sp³-hybridized carbons (Fsp3) is 0.125. The predicted octanol–water partition coefficient (Wildman–Crippen LogP) is 6.24. The van der Waals surface area contributed by atoms with Crippen LogP contribution in [0.2, 0.25) is 5.02 Å². The molecule has 0 aliphatic carbocycles. The molecule has 0 aliphatic heterocycles. The third-order valence-electron chi connectivity index (χ3n) is 4.66. The fourth-order valence-electron chi connectivity index (χ4n) is 3.16. The first kappa shape index (κ1) is 20.4. The van der Waals surface area contributed by atoms with Crippen LogP contribution in [0.3, 0.4) is 0 Å². The molecule has 0 bridgehead atoms. The summed E-state index contributed by atoms with van der Waals surface area (Å²) in [6.07, 6.45) is 0.879. The summed E-state index contributed by atoms with van der Waals surface area (Å²) in [5, 5.41) is 5.31. The maximum atomic E-state index is 12.5. The molecule has 0 radical (unpaired) electrons. The summed E-state index contributed by atoms with van der Waals surface area (Å²) in [4.78, 5) is 22.1. The average Bonchev–Trinajstić information content (AvgIpc) is 2.79. The minimum atomic E-state index is -0.0954. The zero-order valence-corrected chi connectivity index (χ0v) is 18.0. The van der Waals surface area contributed by atoms with Gasteiger partial charge in [-0.1, -0.05) is 78.8 Å². The van der Waals surface area contributed by atoms with Crippen LogP contribution in [0.4, 0.5) is 5.69 Å². The maximum absolute atomic E-state index is 12.5. The Bertz CT molecular complexity index is 1180. The maximum Gasteiger partial charge on any atom is 0.234 e. The van der Waals surface area contributed by atoms with Crippen molar-refractivity contribution in [3.63, 3.8) is 0 Å². The molecule has 0 saturated heterocycles. The van der Waals surface area contributed by atoms with E-state index in [0.29, 0.717) is 10.8 Å². The Morgan fingerprint density at radius 1 is 0.967 bits per heavy atom. The molecule has 0 unspecified atom stereocenters. The average molecular weight is 434 g/mol. The summed E-state index contributed by atoms with van der Waals surface area (Å²) < 4.78 is 0. The van der Waals surface area contributed by atoms with Gasteiger partial charge >= 0.3 is 0 Å². The fourth-order valence-corrected chi connectivity index (χ4v) is 4.10. The summed E-state index contributed by atoms with van der Waals surface area (Å²) in [7, 11) is 0. The number of fused-ring (bicyclic) bond motifs is 1. The van der Waals surface area contributed by atoms with Gasteiger partial charge in [0, 0.05) is 21.7 Å².